The van der Waals surface area contributed by atoms with Crippen LogP contribution >= 0.6 is 0 Å². The van der Waals surface area contributed by atoms with Crippen LogP contribution in [0.2, 0.25) is 0 Å². The first kappa shape index (κ1) is 26.6. The van der Waals surface area contributed by atoms with Crippen LogP contribution in [0, 0.1) is 0 Å². The van der Waals surface area contributed by atoms with Gasteiger partial charge in [0.25, 0.3) is 0 Å². The van der Waals surface area contributed by atoms with E-state index in [1.165, 1.54) is 75.7 Å². The van der Waals surface area contributed by atoms with Crippen molar-refractivity contribution in [1.82, 2.24) is 0 Å². The molecule has 0 radical (unpaired) electrons. The zero-order valence-corrected chi connectivity index (χ0v) is 26.8. The van der Waals surface area contributed by atoms with E-state index in [0.29, 0.717) is 0 Å². The van der Waals surface area contributed by atoms with Gasteiger partial charge in [-0.15, -0.1) is 0 Å². The van der Waals surface area contributed by atoms with Crippen LogP contribution in [-0.2, 0) is 0 Å². The Hall–Kier alpha value is -5.64. The van der Waals surface area contributed by atoms with Crippen LogP contribution in [0.25, 0.3) is 21.5 Å². The van der Waals surface area contributed by atoms with Crippen molar-refractivity contribution >= 4 is 90.5 Å². The van der Waals surface area contributed by atoms with E-state index in [9.17, 15) is 0 Å². The first-order valence-electron chi connectivity index (χ1n) is 16.5. The summed E-state index contributed by atoms with van der Waals surface area (Å²) in [7, 11) is -2.72. The van der Waals surface area contributed by atoms with Crippen molar-refractivity contribution in [3.8, 4) is 0 Å². The second-order valence-electron chi connectivity index (χ2n) is 12.8. The molecule has 2 heterocycles. The van der Waals surface area contributed by atoms with E-state index in [-0.39, 0.29) is 6.71 Å². The molecule has 218 valence electrons. The molecule has 47 heavy (non-hydrogen) atoms. The van der Waals surface area contributed by atoms with Crippen LogP contribution < -0.4 is 42.0 Å². The molecule has 8 aromatic rings. The molecular formula is C44H30BNSi. The third kappa shape index (κ3) is 3.60. The number of rotatable bonds is 3. The second-order valence-corrected chi connectivity index (χ2v) is 16.5. The van der Waals surface area contributed by atoms with Crippen LogP contribution in [0.15, 0.2) is 182 Å². The van der Waals surface area contributed by atoms with Gasteiger partial charge >= 0.3 is 0 Å². The largest absolute Gasteiger partial charge is 0.310 e. The Morgan fingerprint density at radius 2 is 0.936 bits per heavy atom. The number of benzene rings is 8. The number of fused-ring (bicyclic) bond motifs is 7. The predicted octanol–water partition coefficient (Wildman–Crippen LogP) is 5.98. The zero-order chi connectivity index (χ0) is 31.0. The number of hydrogen-bond donors (Lipinski definition) is 0. The normalized spacial score (nSPS) is 14.0. The van der Waals surface area contributed by atoms with Crippen LogP contribution in [0.1, 0.15) is 0 Å². The summed E-state index contributed by atoms with van der Waals surface area (Å²) >= 11 is 0. The summed E-state index contributed by atoms with van der Waals surface area (Å²) in [5.41, 5.74) is 8.04. The van der Waals surface area contributed by atoms with E-state index in [1.54, 1.807) is 0 Å². The Morgan fingerprint density at radius 1 is 0.383 bits per heavy atom. The highest BCUT2D eigenvalue weighted by Gasteiger charge is 2.52. The number of anilines is 3. The molecule has 0 atom stereocenters. The lowest BCUT2D eigenvalue weighted by molar-refractivity contribution is 1.32. The maximum atomic E-state index is 2.60. The SMILES string of the molecule is c1ccc([Si]2(c3ccccc3)c3ccccc3B3c4ccc5ccccc5c4N(c4cccc5ccccc45)c4cccc2c43)cc1. The Morgan fingerprint density at radius 3 is 1.70 bits per heavy atom. The van der Waals surface area contributed by atoms with Crippen molar-refractivity contribution in [2.75, 3.05) is 4.90 Å². The average molecular weight is 612 g/mol. The first-order valence-corrected chi connectivity index (χ1v) is 18.5. The van der Waals surface area contributed by atoms with Gasteiger partial charge in [0.1, 0.15) is 0 Å². The average Bonchev–Trinajstić information content (AvgIpc) is 3.15. The fourth-order valence-electron chi connectivity index (χ4n) is 8.79. The molecule has 0 amide bonds. The third-order valence-corrected chi connectivity index (χ3v) is 15.5. The molecule has 0 saturated carbocycles. The molecule has 0 aromatic heterocycles. The minimum Gasteiger partial charge on any atom is -0.310 e. The molecule has 0 aliphatic carbocycles. The van der Waals surface area contributed by atoms with Crippen LogP contribution in [-0.4, -0.2) is 14.8 Å². The smallest absolute Gasteiger partial charge is 0.246 e. The highest BCUT2D eigenvalue weighted by atomic mass is 28.3. The highest BCUT2D eigenvalue weighted by Crippen LogP contribution is 2.43. The van der Waals surface area contributed by atoms with Gasteiger partial charge in [-0.1, -0.05) is 175 Å². The molecule has 0 bridgehead atoms. The van der Waals surface area contributed by atoms with Gasteiger partial charge in [-0.2, -0.15) is 0 Å². The molecule has 0 unspecified atom stereocenters. The molecule has 10 rings (SSSR count). The molecule has 2 aliphatic rings. The van der Waals surface area contributed by atoms with E-state index >= 15 is 0 Å². The topological polar surface area (TPSA) is 3.24 Å². The summed E-state index contributed by atoms with van der Waals surface area (Å²) in [6.07, 6.45) is 0. The summed E-state index contributed by atoms with van der Waals surface area (Å²) < 4.78 is 0. The first-order chi connectivity index (χ1) is 23.4. The summed E-state index contributed by atoms with van der Waals surface area (Å²) in [5, 5.41) is 10.9. The Bertz CT molecular complexity index is 2450. The van der Waals surface area contributed by atoms with Gasteiger partial charge < -0.3 is 4.90 Å². The number of hydrogen-bond acceptors (Lipinski definition) is 1. The fraction of sp³-hybridized carbons (Fsp3) is 0. The number of nitrogens with zero attached hydrogens (tertiary/aromatic N) is 1. The van der Waals surface area contributed by atoms with E-state index in [1.807, 2.05) is 0 Å². The van der Waals surface area contributed by atoms with Gasteiger partial charge in [-0.3, -0.25) is 0 Å². The lowest BCUT2D eigenvalue weighted by Gasteiger charge is -2.47. The van der Waals surface area contributed by atoms with Crippen molar-refractivity contribution in [3.05, 3.63) is 182 Å². The molecule has 0 saturated heterocycles. The van der Waals surface area contributed by atoms with Crippen LogP contribution in [0.5, 0.6) is 0 Å². The Labute approximate surface area is 276 Å². The van der Waals surface area contributed by atoms with E-state index in [4.69, 9.17) is 0 Å². The van der Waals surface area contributed by atoms with Crippen molar-refractivity contribution in [3.63, 3.8) is 0 Å². The van der Waals surface area contributed by atoms with Gasteiger partial charge in [-0.05, 0) is 54.6 Å². The summed E-state index contributed by atoms with van der Waals surface area (Å²) in [4.78, 5) is 2.60. The molecule has 0 spiro atoms. The molecule has 2 aliphatic heterocycles. The monoisotopic (exact) mass is 611 g/mol. The van der Waals surface area contributed by atoms with Crippen LogP contribution in [0.3, 0.4) is 0 Å². The van der Waals surface area contributed by atoms with Crippen molar-refractivity contribution in [2.24, 2.45) is 0 Å². The Balaban J connectivity index is 1.41. The molecular weight excluding hydrogens is 581 g/mol. The standard InChI is InChI=1S/C44H30BNSi/c1-3-18-33(19-4-1)47(34-20-5-2-6-21-34)41-27-12-11-24-37(41)45-38-30-29-32-16-8-10-23-36(32)44(38)46(40-26-14-28-42(47)43(40)45)39-25-13-17-31-15-7-9-22-35(31)39/h1-30H. The molecule has 8 aromatic carbocycles. The van der Waals surface area contributed by atoms with E-state index in [0.717, 1.165) is 0 Å². The minimum absolute atomic E-state index is 0.122. The maximum Gasteiger partial charge on any atom is 0.246 e. The molecule has 0 fully saturated rings. The summed E-state index contributed by atoms with van der Waals surface area (Å²) in [6, 6.07) is 68.4. The van der Waals surface area contributed by atoms with Crippen molar-refractivity contribution in [1.29, 1.82) is 0 Å². The van der Waals surface area contributed by atoms with Crippen LogP contribution in [0.4, 0.5) is 17.1 Å². The second kappa shape index (κ2) is 10.2. The van der Waals surface area contributed by atoms with E-state index in [2.05, 4.69) is 187 Å². The lowest BCUT2D eigenvalue weighted by Crippen LogP contribution is -2.87. The van der Waals surface area contributed by atoms with E-state index < -0.39 is 8.07 Å². The van der Waals surface area contributed by atoms with Gasteiger partial charge in [0.2, 0.25) is 6.71 Å². The molecule has 3 heteroatoms. The molecule has 0 N–H and O–H groups in total. The zero-order valence-electron chi connectivity index (χ0n) is 25.8. The van der Waals surface area contributed by atoms with Gasteiger partial charge in [0.15, 0.2) is 8.07 Å². The highest BCUT2D eigenvalue weighted by molar-refractivity contribution is 7.26. The minimum atomic E-state index is -2.72. The molecule has 1 nitrogen and oxygen atoms in total. The van der Waals surface area contributed by atoms with Crippen molar-refractivity contribution < 1.29 is 0 Å². The van der Waals surface area contributed by atoms with Gasteiger partial charge in [0.05, 0.1) is 5.69 Å². The predicted molar refractivity (Wildman–Crippen MR) is 204 cm³/mol. The quantitative estimate of drug-likeness (QED) is 0.222. The maximum absolute atomic E-state index is 2.72. The summed E-state index contributed by atoms with van der Waals surface area (Å²) in [5.74, 6) is 0. The van der Waals surface area contributed by atoms with Crippen molar-refractivity contribution in [2.45, 2.75) is 0 Å². The van der Waals surface area contributed by atoms with Gasteiger partial charge in [0, 0.05) is 22.1 Å². The Kier molecular flexibility index (Phi) is 5.76. The fourth-order valence-corrected chi connectivity index (χ4v) is 14.1. The third-order valence-electron chi connectivity index (χ3n) is 10.6. The van der Waals surface area contributed by atoms with Gasteiger partial charge in [-0.25, -0.2) is 0 Å². The summed E-state index contributed by atoms with van der Waals surface area (Å²) in [6.45, 7) is 0.122. The lowest BCUT2D eigenvalue weighted by atomic mass is 9.34.